The van der Waals surface area contributed by atoms with Crippen LogP contribution in [-0.2, 0) is 0 Å². The van der Waals surface area contributed by atoms with Crippen molar-refractivity contribution in [1.29, 1.82) is 0 Å². The fourth-order valence-electron chi connectivity index (χ4n) is 2.95. The first kappa shape index (κ1) is 15.3. The van der Waals surface area contributed by atoms with Crippen molar-refractivity contribution in [2.24, 2.45) is 5.73 Å². The van der Waals surface area contributed by atoms with Gasteiger partial charge in [0.2, 0.25) is 0 Å². The van der Waals surface area contributed by atoms with E-state index in [1.54, 1.807) is 0 Å². The van der Waals surface area contributed by atoms with Crippen molar-refractivity contribution in [3.05, 3.63) is 34.3 Å². The highest BCUT2D eigenvalue weighted by Gasteiger charge is 2.25. The first-order valence-corrected chi connectivity index (χ1v) is 7.95. The van der Waals surface area contributed by atoms with Crippen molar-refractivity contribution in [2.75, 3.05) is 13.1 Å². The molecule has 1 unspecified atom stereocenters. The summed E-state index contributed by atoms with van der Waals surface area (Å²) < 4.78 is 1.11. The zero-order valence-corrected chi connectivity index (χ0v) is 13.4. The number of nitrogens with two attached hydrogens (primary N) is 1. The number of carbonyl (C=O) groups excluding carboxylic acids is 1. The van der Waals surface area contributed by atoms with Crippen LogP contribution in [0.5, 0.6) is 0 Å². The zero-order valence-electron chi connectivity index (χ0n) is 11.8. The number of likely N-dealkylation sites (tertiary alicyclic amines) is 1. The Kier molecular flexibility index (Phi) is 5.43. The molecule has 1 aromatic carbocycles. The summed E-state index contributed by atoms with van der Waals surface area (Å²) in [6.07, 6.45) is 3.03. The van der Waals surface area contributed by atoms with Gasteiger partial charge in [-0.3, -0.25) is 4.90 Å². The number of urea groups is 1. The predicted octanol–water partition coefficient (Wildman–Crippen LogP) is 3.03. The second-order valence-electron chi connectivity index (χ2n) is 5.29. The van der Waals surface area contributed by atoms with Crippen molar-refractivity contribution < 1.29 is 4.79 Å². The lowest BCUT2D eigenvalue weighted by atomic mass is 9.98. The number of hydrogen-bond donors (Lipinski definition) is 2. The maximum absolute atomic E-state index is 10.9. The first-order chi connectivity index (χ1) is 9.60. The maximum atomic E-state index is 10.9. The average molecular weight is 340 g/mol. The molecule has 1 heterocycles. The molecule has 5 heteroatoms. The van der Waals surface area contributed by atoms with Gasteiger partial charge in [-0.15, -0.1) is 0 Å². The number of nitrogens with one attached hydrogen (secondary N) is 1. The summed E-state index contributed by atoms with van der Waals surface area (Å²) in [4.78, 5) is 13.4. The third kappa shape index (κ3) is 3.96. The fourth-order valence-corrected chi connectivity index (χ4v) is 3.21. The summed E-state index contributed by atoms with van der Waals surface area (Å²) in [7, 11) is 0. The number of benzene rings is 1. The molecule has 20 heavy (non-hydrogen) atoms. The van der Waals surface area contributed by atoms with Crippen molar-refractivity contribution in [1.82, 2.24) is 10.2 Å². The van der Waals surface area contributed by atoms with E-state index in [0.717, 1.165) is 36.8 Å². The molecule has 2 rings (SSSR count). The van der Waals surface area contributed by atoms with Gasteiger partial charge < -0.3 is 11.1 Å². The van der Waals surface area contributed by atoms with E-state index < -0.39 is 6.03 Å². The van der Waals surface area contributed by atoms with Crippen LogP contribution in [0.15, 0.2) is 28.7 Å². The highest BCUT2D eigenvalue weighted by molar-refractivity contribution is 9.10. The van der Waals surface area contributed by atoms with Crippen molar-refractivity contribution in [3.8, 4) is 0 Å². The minimum absolute atomic E-state index is 0.228. The van der Waals surface area contributed by atoms with E-state index in [1.165, 1.54) is 5.56 Å². The van der Waals surface area contributed by atoms with Gasteiger partial charge in [-0.25, -0.2) is 4.79 Å². The van der Waals surface area contributed by atoms with Gasteiger partial charge in [-0.05, 0) is 37.0 Å². The molecule has 1 atom stereocenters. The van der Waals surface area contributed by atoms with Crippen molar-refractivity contribution in [3.63, 3.8) is 0 Å². The third-order valence-electron chi connectivity index (χ3n) is 3.96. The van der Waals surface area contributed by atoms with Crippen LogP contribution in [0, 0.1) is 0 Å². The second-order valence-corrected chi connectivity index (χ2v) is 6.21. The van der Waals surface area contributed by atoms with Gasteiger partial charge in [-0.2, -0.15) is 0 Å². The van der Waals surface area contributed by atoms with Gasteiger partial charge >= 0.3 is 6.03 Å². The Labute approximate surface area is 128 Å². The normalized spacial score (nSPS) is 18.7. The van der Waals surface area contributed by atoms with E-state index in [0.29, 0.717) is 6.04 Å². The lowest BCUT2D eigenvalue weighted by Gasteiger charge is -2.37. The summed E-state index contributed by atoms with van der Waals surface area (Å²) in [5.41, 5.74) is 6.54. The van der Waals surface area contributed by atoms with Crippen LogP contribution in [0.25, 0.3) is 0 Å². The maximum Gasteiger partial charge on any atom is 0.312 e. The van der Waals surface area contributed by atoms with E-state index in [-0.39, 0.29) is 6.04 Å². The molecule has 0 radical (unpaired) electrons. The lowest BCUT2D eigenvalue weighted by molar-refractivity contribution is 0.141. The number of primary amides is 1. The smallest absolute Gasteiger partial charge is 0.312 e. The fraction of sp³-hybridized carbons (Fsp3) is 0.533. The van der Waals surface area contributed by atoms with Crippen LogP contribution in [-0.4, -0.2) is 30.1 Å². The molecule has 1 fully saturated rings. The van der Waals surface area contributed by atoms with E-state index in [2.05, 4.69) is 57.3 Å². The Bertz CT molecular complexity index is 441. The van der Waals surface area contributed by atoms with Crippen LogP contribution in [0.1, 0.15) is 37.8 Å². The zero-order chi connectivity index (χ0) is 14.5. The van der Waals surface area contributed by atoms with E-state index >= 15 is 0 Å². The molecule has 2 amide bonds. The van der Waals surface area contributed by atoms with Gasteiger partial charge in [0.05, 0.1) is 0 Å². The van der Waals surface area contributed by atoms with Gasteiger partial charge in [0, 0.05) is 29.6 Å². The Morgan fingerprint density at radius 1 is 1.40 bits per heavy atom. The number of nitrogens with zero attached hydrogens (tertiary/aromatic N) is 1. The molecule has 4 nitrogen and oxygen atoms in total. The predicted molar refractivity (Wildman–Crippen MR) is 84.5 cm³/mol. The Hall–Kier alpha value is -1.07. The number of piperidine rings is 1. The summed E-state index contributed by atoms with van der Waals surface area (Å²) >= 11 is 3.48. The van der Waals surface area contributed by atoms with Gasteiger partial charge in [-0.1, -0.05) is 35.0 Å². The monoisotopic (exact) mass is 339 g/mol. The Morgan fingerprint density at radius 2 is 2.00 bits per heavy atom. The summed E-state index contributed by atoms with van der Waals surface area (Å²) in [6.45, 7) is 4.22. The Morgan fingerprint density at radius 3 is 2.50 bits per heavy atom. The first-order valence-electron chi connectivity index (χ1n) is 7.15. The minimum Gasteiger partial charge on any atom is -0.352 e. The quantitative estimate of drug-likeness (QED) is 0.885. The summed E-state index contributed by atoms with van der Waals surface area (Å²) in [6, 6.07) is 8.84. The molecule has 0 aliphatic carbocycles. The van der Waals surface area contributed by atoms with E-state index in [9.17, 15) is 4.79 Å². The van der Waals surface area contributed by atoms with E-state index in [4.69, 9.17) is 5.73 Å². The van der Waals surface area contributed by atoms with Crippen LogP contribution >= 0.6 is 15.9 Å². The molecular weight excluding hydrogens is 318 g/mol. The molecule has 0 spiro atoms. The largest absolute Gasteiger partial charge is 0.352 e. The van der Waals surface area contributed by atoms with E-state index in [1.807, 2.05) is 0 Å². The van der Waals surface area contributed by atoms with Crippen LogP contribution in [0.2, 0.25) is 0 Å². The standard InChI is InChI=1S/C15H22BrN3O/c1-2-14(11-3-5-12(16)6-4-11)19-9-7-13(8-10-19)18-15(17)20/h3-6,13-14H,2,7-10H2,1H3,(H3,17,18,20). The molecule has 1 aromatic rings. The van der Waals surface area contributed by atoms with Crippen LogP contribution in [0.4, 0.5) is 4.79 Å². The molecule has 1 aliphatic rings. The highest BCUT2D eigenvalue weighted by Crippen LogP contribution is 2.28. The number of amides is 2. The third-order valence-corrected chi connectivity index (χ3v) is 4.49. The molecule has 110 valence electrons. The molecule has 0 saturated carbocycles. The number of hydrogen-bond acceptors (Lipinski definition) is 2. The summed E-state index contributed by atoms with van der Waals surface area (Å²) in [5, 5.41) is 2.81. The van der Waals surface area contributed by atoms with Crippen molar-refractivity contribution >= 4 is 22.0 Å². The molecule has 3 N–H and O–H groups in total. The highest BCUT2D eigenvalue weighted by atomic mass is 79.9. The van der Waals surface area contributed by atoms with Gasteiger partial charge in [0.15, 0.2) is 0 Å². The lowest BCUT2D eigenvalue weighted by Crippen LogP contribution is -2.47. The molecule has 1 saturated heterocycles. The minimum atomic E-state index is -0.414. The summed E-state index contributed by atoms with van der Waals surface area (Å²) in [5.74, 6) is 0. The van der Waals surface area contributed by atoms with Crippen LogP contribution < -0.4 is 11.1 Å². The van der Waals surface area contributed by atoms with Crippen LogP contribution in [0.3, 0.4) is 0 Å². The molecule has 0 aromatic heterocycles. The molecular formula is C15H22BrN3O. The van der Waals surface area contributed by atoms with Gasteiger partial charge in [0.1, 0.15) is 0 Å². The number of halogens is 1. The number of rotatable bonds is 4. The number of carbonyl (C=O) groups is 1. The second kappa shape index (κ2) is 7.09. The van der Waals surface area contributed by atoms with Gasteiger partial charge in [0.25, 0.3) is 0 Å². The molecule has 1 aliphatic heterocycles. The topological polar surface area (TPSA) is 58.4 Å². The Balaban J connectivity index is 1.96. The SMILES string of the molecule is CCC(c1ccc(Br)cc1)N1CCC(NC(N)=O)CC1. The van der Waals surface area contributed by atoms with Crippen molar-refractivity contribution in [2.45, 2.75) is 38.3 Å². The average Bonchev–Trinajstić information content (AvgIpc) is 2.43. The molecule has 0 bridgehead atoms.